The van der Waals surface area contributed by atoms with E-state index in [2.05, 4.69) is 10.1 Å². The topological polar surface area (TPSA) is 85.5 Å². The largest absolute Gasteiger partial charge is 0.469 e. The van der Waals surface area contributed by atoms with Crippen LogP contribution in [-0.2, 0) is 9.53 Å². The lowest BCUT2D eigenvalue weighted by molar-refractivity contribution is -0.145. The van der Waals surface area contributed by atoms with Crippen molar-refractivity contribution in [3.8, 4) is 0 Å². The van der Waals surface area contributed by atoms with E-state index >= 15 is 0 Å². The highest BCUT2D eigenvalue weighted by Crippen LogP contribution is 2.18. The Labute approximate surface area is 128 Å². The van der Waals surface area contributed by atoms with Crippen LogP contribution in [0.2, 0.25) is 0 Å². The number of amides is 1. The van der Waals surface area contributed by atoms with Crippen LogP contribution in [0.3, 0.4) is 0 Å². The van der Waals surface area contributed by atoms with Gasteiger partial charge in [0.25, 0.3) is 11.6 Å². The predicted molar refractivity (Wildman–Crippen MR) is 79.3 cm³/mol. The van der Waals surface area contributed by atoms with Gasteiger partial charge in [0.05, 0.1) is 29.7 Å². The number of ether oxygens (including phenoxy) is 1. The first-order valence-corrected chi connectivity index (χ1v) is 7.07. The van der Waals surface area contributed by atoms with Gasteiger partial charge in [0.15, 0.2) is 0 Å². The van der Waals surface area contributed by atoms with E-state index in [-0.39, 0.29) is 17.8 Å². The minimum atomic E-state index is -0.386. The summed E-state index contributed by atoms with van der Waals surface area (Å²) in [5, 5.41) is 4.53. The molecule has 7 nitrogen and oxygen atoms in total. The van der Waals surface area contributed by atoms with Crippen LogP contribution in [-0.4, -0.2) is 47.1 Å². The van der Waals surface area contributed by atoms with Gasteiger partial charge in [-0.25, -0.2) is 4.98 Å². The zero-order chi connectivity index (χ0) is 16.3. The van der Waals surface area contributed by atoms with E-state index in [1.807, 2.05) is 6.92 Å². The molecule has 2 rings (SSSR count). The molecule has 0 saturated carbocycles. The number of hydrogen-bond acceptors (Lipinski definition) is 6. The maximum atomic E-state index is 12.6. The Hall–Kier alpha value is -2.44. The summed E-state index contributed by atoms with van der Waals surface area (Å²) >= 11 is 0. The molecular formula is C15H19N3O4. The van der Waals surface area contributed by atoms with E-state index in [1.54, 1.807) is 24.8 Å². The van der Waals surface area contributed by atoms with Crippen molar-refractivity contribution in [2.24, 2.45) is 5.92 Å². The highest BCUT2D eigenvalue weighted by molar-refractivity contribution is 5.97. The molecule has 0 spiro atoms. The number of carbonyl (C=O) groups is 2. The van der Waals surface area contributed by atoms with Crippen molar-refractivity contribution >= 4 is 23.0 Å². The van der Waals surface area contributed by atoms with E-state index in [0.717, 1.165) is 0 Å². The molecule has 1 atom stereocenters. The van der Waals surface area contributed by atoms with Crippen molar-refractivity contribution in [3.63, 3.8) is 0 Å². The molecular weight excluding hydrogens is 286 g/mol. The molecule has 22 heavy (non-hydrogen) atoms. The molecule has 2 heterocycles. The third-order valence-corrected chi connectivity index (χ3v) is 3.52. The molecule has 0 aliphatic carbocycles. The summed E-state index contributed by atoms with van der Waals surface area (Å²) in [6, 6.07) is 1.71. The number of aromatic nitrogens is 2. The Morgan fingerprint density at radius 2 is 2.18 bits per heavy atom. The fourth-order valence-corrected chi connectivity index (χ4v) is 2.21. The molecule has 0 bridgehead atoms. The normalized spacial score (nSPS) is 12.2. The second-order valence-corrected chi connectivity index (χ2v) is 5.11. The van der Waals surface area contributed by atoms with Crippen molar-refractivity contribution in [2.75, 3.05) is 20.2 Å². The molecule has 0 aromatic carbocycles. The van der Waals surface area contributed by atoms with Gasteiger partial charge < -0.3 is 14.2 Å². The molecule has 0 unspecified atom stereocenters. The van der Waals surface area contributed by atoms with Crippen LogP contribution in [0.4, 0.5) is 0 Å². The highest BCUT2D eigenvalue weighted by Gasteiger charge is 2.22. The van der Waals surface area contributed by atoms with Gasteiger partial charge in [0.2, 0.25) is 0 Å². The molecule has 1 amide bonds. The number of carbonyl (C=O) groups excluding carboxylic acids is 2. The van der Waals surface area contributed by atoms with Crippen LogP contribution in [0.5, 0.6) is 0 Å². The number of nitrogens with zero attached hydrogens (tertiary/aromatic N) is 3. The van der Waals surface area contributed by atoms with Gasteiger partial charge >= 0.3 is 5.97 Å². The summed E-state index contributed by atoms with van der Waals surface area (Å²) in [5.41, 5.74) is 1.53. The van der Waals surface area contributed by atoms with Crippen LogP contribution in [0.1, 0.15) is 29.9 Å². The molecule has 0 fully saturated rings. The van der Waals surface area contributed by atoms with Crippen molar-refractivity contribution in [1.29, 1.82) is 0 Å². The van der Waals surface area contributed by atoms with Crippen molar-refractivity contribution in [1.82, 2.24) is 15.0 Å². The van der Waals surface area contributed by atoms with E-state index in [9.17, 15) is 9.59 Å². The van der Waals surface area contributed by atoms with Crippen molar-refractivity contribution in [3.05, 3.63) is 23.5 Å². The first-order chi connectivity index (χ1) is 10.5. The predicted octanol–water partition coefficient (Wildman–Crippen LogP) is 1.80. The lowest BCUT2D eigenvalue weighted by Gasteiger charge is -2.23. The average molecular weight is 305 g/mol. The zero-order valence-corrected chi connectivity index (χ0v) is 13.1. The Balaban J connectivity index is 2.22. The second kappa shape index (κ2) is 6.55. The number of methoxy groups -OCH3 is 1. The quantitative estimate of drug-likeness (QED) is 0.783. The molecule has 118 valence electrons. The lowest BCUT2D eigenvalue weighted by Crippen LogP contribution is -2.37. The Morgan fingerprint density at radius 1 is 1.45 bits per heavy atom. The lowest BCUT2D eigenvalue weighted by atomic mass is 10.1. The fourth-order valence-electron chi connectivity index (χ4n) is 2.21. The van der Waals surface area contributed by atoms with Gasteiger partial charge in [0.1, 0.15) is 0 Å². The van der Waals surface area contributed by atoms with E-state index in [0.29, 0.717) is 35.4 Å². The number of rotatable bonds is 5. The summed E-state index contributed by atoms with van der Waals surface area (Å²) in [7, 11) is 1.34. The van der Waals surface area contributed by atoms with E-state index in [4.69, 9.17) is 9.26 Å². The summed E-state index contributed by atoms with van der Waals surface area (Å²) in [5.74, 6) is -0.911. The number of hydrogen-bond donors (Lipinski definition) is 0. The van der Waals surface area contributed by atoms with Crippen LogP contribution < -0.4 is 0 Å². The average Bonchev–Trinajstić information content (AvgIpc) is 2.91. The minimum absolute atomic E-state index is 0.187. The number of aryl methyl sites for hydroxylation is 1. The second-order valence-electron chi connectivity index (χ2n) is 5.11. The molecule has 0 aliphatic heterocycles. The standard InChI is InChI=1S/C15H19N3O4/c1-5-18(8-9(2)15(20)21-4)14(19)11-6-12-10(3)17-22-13(12)16-7-11/h6-7,9H,5,8H2,1-4H3/t9-/m0/s1. The first-order valence-electron chi connectivity index (χ1n) is 7.07. The molecule has 0 saturated heterocycles. The van der Waals surface area contributed by atoms with Gasteiger partial charge in [-0.05, 0) is 19.9 Å². The number of esters is 1. The molecule has 2 aromatic heterocycles. The smallest absolute Gasteiger partial charge is 0.310 e. The van der Waals surface area contributed by atoms with Crippen LogP contribution >= 0.6 is 0 Å². The SMILES string of the molecule is CCN(C[C@H](C)C(=O)OC)C(=O)c1cnc2onc(C)c2c1. The van der Waals surface area contributed by atoms with Gasteiger partial charge in [-0.1, -0.05) is 12.1 Å². The number of fused-ring (bicyclic) bond motifs is 1. The fraction of sp³-hybridized carbons (Fsp3) is 0.467. The summed E-state index contributed by atoms with van der Waals surface area (Å²) < 4.78 is 9.73. The van der Waals surface area contributed by atoms with E-state index < -0.39 is 0 Å². The molecule has 0 radical (unpaired) electrons. The van der Waals surface area contributed by atoms with E-state index in [1.165, 1.54) is 13.3 Å². The van der Waals surface area contributed by atoms with Crippen LogP contribution in [0, 0.1) is 12.8 Å². The Bertz CT molecular complexity index is 695. The van der Waals surface area contributed by atoms with Gasteiger partial charge in [0, 0.05) is 19.3 Å². The molecule has 0 N–H and O–H groups in total. The maximum absolute atomic E-state index is 12.6. The summed E-state index contributed by atoms with van der Waals surface area (Å²) in [6.45, 7) is 6.16. The van der Waals surface area contributed by atoms with Crippen molar-refractivity contribution in [2.45, 2.75) is 20.8 Å². The molecule has 7 heteroatoms. The summed E-state index contributed by atoms with van der Waals surface area (Å²) in [4.78, 5) is 29.8. The maximum Gasteiger partial charge on any atom is 0.310 e. The highest BCUT2D eigenvalue weighted by atomic mass is 16.5. The van der Waals surface area contributed by atoms with Crippen molar-refractivity contribution < 1.29 is 18.8 Å². The summed E-state index contributed by atoms with van der Waals surface area (Å²) in [6.07, 6.45) is 1.46. The third kappa shape index (κ3) is 3.08. The minimum Gasteiger partial charge on any atom is -0.469 e. The Kier molecular flexibility index (Phi) is 4.75. The zero-order valence-electron chi connectivity index (χ0n) is 13.1. The first kappa shape index (κ1) is 15.9. The van der Waals surface area contributed by atoms with Crippen LogP contribution in [0.15, 0.2) is 16.8 Å². The third-order valence-electron chi connectivity index (χ3n) is 3.52. The van der Waals surface area contributed by atoms with Crippen LogP contribution in [0.25, 0.3) is 11.1 Å². The van der Waals surface area contributed by atoms with Gasteiger partial charge in [-0.15, -0.1) is 0 Å². The molecule has 2 aromatic rings. The number of pyridine rings is 1. The molecule has 0 aliphatic rings. The monoisotopic (exact) mass is 305 g/mol. The van der Waals surface area contributed by atoms with Gasteiger partial charge in [-0.3, -0.25) is 9.59 Å². The van der Waals surface area contributed by atoms with Gasteiger partial charge in [-0.2, -0.15) is 0 Å². The Morgan fingerprint density at radius 3 is 2.82 bits per heavy atom.